The Morgan fingerprint density at radius 1 is 0.679 bits per heavy atom. The number of amides is 4. The van der Waals surface area contributed by atoms with E-state index in [0.29, 0.717) is 30.2 Å². The molecule has 0 fully saturated rings. The summed E-state index contributed by atoms with van der Waals surface area (Å²) in [5, 5.41) is 19.7. The van der Waals surface area contributed by atoms with Crippen LogP contribution in [0.1, 0.15) is 108 Å². The van der Waals surface area contributed by atoms with E-state index in [0.717, 1.165) is 68.3 Å². The predicted molar refractivity (Wildman–Crippen MR) is 223 cm³/mol. The third kappa shape index (κ3) is 14.1. The van der Waals surface area contributed by atoms with Crippen LogP contribution in [0.25, 0.3) is 0 Å². The summed E-state index contributed by atoms with van der Waals surface area (Å²) in [4.78, 5) is 67.0. The number of aromatic amines is 2. The van der Waals surface area contributed by atoms with Gasteiger partial charge in [0, 0.05) is 55.8 Å². The molecule has 4 rings (SSSR count). The number of nitrogens with one attached hydrogen (secondary N) is 6. The topological polar surface area (TPSA) is 202 Å². The highest BCUT2D eigenvalue weighted by Crippen LogP contribution is 2.25. The van der Waals surface area contributed by atoms with Gasteiger partial charge in [-0.3, -0.25) is 30.2 Å². The second-order valence-electron chi connectivity index (χ2n) is 13.8. The first kappa shape index (κ1) is 42.9. The van der Waals surface area contributed by atoms with Crippen LogP contribution < -0.4 is 37.3 Å². The SMILES string of the molecule is CCCCC(CC)c1cc(=O)[nH]c(NC(=O)NCCN(CCNC(=O)Nc2nc(C(CC)CCCC)cc(=O)[nH]2)c2ccc(N=Nc3ccc(C)cc3)cc2)n1. The Morgan fingerprint density at radius 3 is 1.52 bits per heavy atom. The Balaban J connectivity index is 1.40. The fourth-order valence-corrected chi connectivity index (χ4v) is 6.25. The van der Waals surface area contributed by atoms with Gasteiger partial charge in [-0.2, -0.15) is 10.2 Å². The van der Waals surface area contributed by atoms with Gasteiger partial charge in [-0.1, -0.05) is 71.1 Å². The molecule has 15 nitrogen and oxygen atoms in total. The number of rotatable bonds is 21. The Bertz CT molecular complexity index is 1880. The molecular weight excluding hydrogens is 711 g/mol. The Hall–Kier alpha value is -5.86. The van der Waals surface area contributed by atoms with Crippen molar-refractivity contribution in [2.24, 2.45) is 10.2 Å². The van der Waals surface area contributed by atoms with Crippen LogP contribution in [-0.4, -0.2) is 58.2 Å². The van der Waals surface area contributed by atoms with Crippen molar-refractivity contribution in [3.63, 3.8) is 0 Å². The molecule has 15 heteroatoms. The molecule has 4 amide bonds. The molecule has 6 N–H and O–H groups in total. The Kier molecular flexibility index (Phi) is 17.2. The van der Waals surface area contributed by atoms with Gasteiger partial charge in [0.2, 0.25) is 11.9 Å². The Morgan fingerprint density at radius 2 is 1.11 bits per heavy atom. The summed E-state index contributed by atoms with van der Waals surface area (Å²) in [5.74, 6) is 0.450. The maximum absolute atomic E-state index is 12.9. The van der Waals surface area contributed by atoms with Crippen molar-refractivity contribution in [1.29, 1.82) is 0 Å². The lowest BCUT2D eigenvalue weighted by Gasteiger charge is -2.25. The smallest absolute Gasteiger partial charge is 0.321 e. The van der Waals surface area contributed by atoms with Crippen LogP contribution in [-0.2, 0) is 0 Å². The molecule has 2 unspecified atom stereocenters. The lowest BCUT2D eigenvalue weighted by Crippen LogP contribution is -2.41. The summed E-state index contributed by atoms with van der Waals surface area (Å²) >= 11 is 0. The average molecular weight is 768 g/mol. The number of carbonyl (C=O) groups excluding carboxylic acids is 2. The number of unbranched alkanes of at least 4 members (excludes halogenated alkanes) is 2. The number of urea groups is 2. The minimum atomic E-state index is -0.514. The van der Waals surface area contributed by atoms with Crippen molar-refractivity contribution in [2.45, 2.75) is 97.8 Å². The standard InChI is InChI=1S/C41H57N11O4/c1-6-10-12-29(8-3)34-26-36(53)46-38(44-34)48-40(55)42-22-24-52(33-20-18-32(19-21-33)51-50-31-16-14-28(5)15-17-31)25-23-43-41(56)49-39-45-35(27-37(54)47-39)30(9-4)13-11-7-2/h14-21,26-27,29-30H,6-13,22-25H2,1-5H3,(H3,42,44,46,48,53,55)(H3,43,45,47,49,54,56). The molecule has 0 saturated heterocycles. The van der Waals surface area contributed by atoms with Crippen molar-refractivity contribution in [3.8, 4) is 0 Å². The van der Waals surface area contributed by atoms with Gasteiger partial charge in [0.1, 0.15) is 0 Å². The molecule has 2 aromatic heterocycles. The first-order chi connectivity index (χ1) is 27.1. The quantitative estimate of drug-likeness (QED) is 0.0457. The molecule has 2 atom stereocenters. The molecule has 0 aliphatic heterocycles. The summed E-state index contributed by atoms with van der Waals surface area (Å²) in [5.41, 5.74) is 4.06. The number of anilines is 3. The van der Waals surface area contributed by atoms with E-state index in [2.05, 4.69) is 79.1 Å². The van der Waals surface area contributed by atoms with E-state index in [9.17, 15) is 19.2 Å². The van der Waals surface area contributed by atoms with E-state index in [1.54, 1.807) is 0 Å². The normalized spacial score (nSPS) is 12.2. The molecule has 0 radical (unpaired) electrons. The number of H-pyrrole nitrogens is 2. The minimum Gasteiger partial charge on any atom is -0.368 e. The molecule has 300 valence electrons. The predicted octanol–water partition coefficient (Wildman–Crippen LogP) is 8.39. The number of benzene rings is 2. The molecule has 56 heavy (non-hydrogen) atoms. The van der Waals surface area contributed by atoms with Crippen LogP contribution in [0.2, 0.25) is 0 Å². The fourth-order valence-electron chi connectivity index (χ4n) is 6.25. The number of nitrogens with zero attached hydrogens (tertiary/aromatic N) is 5. The van der Waals surface area contributed by atoms with Crippen LogP contribution in [0.3, 0.4) is 0 Å². The van der Waals surface area contributed by atoms with E-state index in [1.165, 1.54) is 12.1 Å². The molecule has 2 heterocycles. The lowest BCUT2D eigenvalue weighted by molar-refractivity contribution is 0.251. The summed E-state index contributed by atoms with van der Waals surface area (Å²) in [6, 6.07) is 17.2. The second-order valence-corrected chi connectivity index (χ2v) is 13.8. The van der Waals surface area contributed by atoms with Gasteiger partial charge in [0.25, 0.3) is 11.1 Å². The summed E-state index contributed by atoms with van der Waals surface area (Å²) in [6.07, 6.45) is 7.66. The van der Waals surface area contributed by atoms with Gasteiger partial charge in [0.15, 0.2) is 0 Å². The molecule has 0 saturated carbocycles. The highest BCUT2D eigenvalue weighted by Gasteiger charge is 2.16. The van der Waals surface area contributed by atoms with Gasteiger partial charge < -0.3 is 15.5 Å². The molecule has 0 spiro atoms. The molecule has 0 bridgehead atoms. The van der Waals surface area contributed by atoms with E-state index in [-0.39, 0.29) is 47.9 Å². The third-order valence-electron chi connectivity index (χ3n) is 9.49. The van der Waals surface area contributed by atoms with E-state index < -0.39 is 12.1 Å². The lowest BCUT2D eigenvalue weighted by atomic mass is 9.96. The highest BCUT2D eigenvalue weighted by atomic mass is 16.2. The van der Waals surface area contributed by atoms with Crippen LogP contribution in [0, 0.1) is 6.92 Å². The molecule has 2 aromatic carbocycles. The second kappa shape index (κ2) is 22.5. The van der Waals surface area contributed by atoms with Gasteiger partial charge >= 0.3 is 12.1 Å². The zero-order chi connectivity index (χ0) is 40.3. The largest absolute Gasteiger partial charge is 0.368 e. The zero-order valence-corrected chi connectivity index (χ0v) is 33.3. The number of aromatic nitrogens is 4. The van der Waals surface area contributed by atoms with Gasteiger partial charge in [-0.25, -0.2) is 19.6 Å². The average Bonchev–Trinajstić information content (AvgIpc) is 3.17. The molecule has 4 aromatic rings. The molecule has 0 aliphatic rings. The summed E-state index contributed by atoms with van der Waals surface area (Å²) in [7, 11) is 0. The number of hydrogen-bond donors (Lipinski definition) is 6. The van der Waals surface area contributed by atoms with Crippen LogP contribution >= 0.6 is 0 Å². The van der Waals surface area contributed by atoms with Gasteiger partial charge in [-0.15, -0.1) is 0 Å². The van der Waals surface area contributed by atoms with Crippen LogP contribution in [0.4, 0.5) is 38.5 Å². The van der Waals surface area contributed by atoms with Crippen LogP contribution in [0.15, 0.2) is 80.5 Å². The number of azo groups is 1. The number of hydrogen-bond acceptors (Lipinski definition) is 9. The van der Waals surface area contributed by atoms with Crippen molar-refractivity contribution >= 4 is 41.0 Å². The fraction of sp³-hybridized carbons (Fsp3) is 0.463. The summed E-state index contributed by atoms with van der Waals surface area (Å²) < 4.78 is 0. The third-order valence-corrected chi connectivity index (χ3v) is 9.49. The first-order valence-electron chi connectivity index (χ1n) is 19.8. The van der Waals surface area contributed by atoms with E-state index in [4.69, 9.17) is 0 Å². The number of carbonyl (C=O) groups is 2. The first-order valence-corrected chi connectivity index (χ1v) is 19.8. The number of aryl methyl sites for hydroxylation is 1. The van der Waals surface area contributed by atoms with Crippen molar-refractivity contribution in [3.05, 3.63) is 98.3 Å². The van der Waals surface area contributed by atoms with Gasteiger partial charge in [-0.05, 0) is 69.0 Å². The monoisotopic (exact) mass is 767 g/mol. The minimum absolute atomic E-state index is 0.0925. The van der Waals surface area contributed by atoms with E-state index in [1.807, 2.05) is 60.4 Å². The summed E-state index contributed by atoms with van der Waals surface area (Å²) in [6.45, 7) is 11.6. The Labute approximate surface area is 328 Å². The maximum atomic E-state index is 12.9. The molecule has 0 aliphatic carbocycles. The van der Waals surface area contributed by atoms with Crippen molar-refractivity contribution < 1.29 is 9.59 Å². The van der Waals surface area contributed by atoms with Crippen molar-refractivity contribution in [2.75, 3.05) is 41.7 Å². The van der Waals surface area contributed by atoms with Crippen molar-refractivity contribution in [1.82, 2.24) is 30.6 Å². The zero-order valence-electron chi connectivity index (χ0n) is 33.3. The molecular formula is C41H57N11O4. The van der Waals surface area contributed by atoms with Crippen LogP contribution in [0.5, 0.6) is 0 Å². The maximum Gasteiger partial charge on any atom is 0.321 e. The van der Waals surface area contributed by atoms with E-state index >= 15 is 0 Å². The van der Waals surface area contributed by atoms with Gasteiger partial charge in [0.05, 0.1) is 22.8 Å². The highest BCUT2D eigenvalue weighted by molar-refractivity contribution is 5.87.